The van der Waals surface area contributed by atoms with Gasteiger partial charge in [0.15, 0.2) is 0 Å². The predicted octanol–water partition coefficient (Wildman–Crippen LogP) is 3.54. The van der Waals surface area contributed by atoms with Crippen LogP contribution in [0.4, 0.5) is 4.39 Å². The minimum atomic E-state index is -0.222. The van der Waals surface area contributed by atoms with Gasteiger partial charge in [0.05, 0.1) is 5.92 Å². The van der Waals surface area contributed by atoms with Crippen molar-refractivity contribution in [3.05, 3.63) is 35.6 Å². The molecule has 2 atom stereocenters. The van der Waals surface area contributed by atoms with E-state index in [-0.39, 0.29) is 36.1 Å². The van der Waals surface area contributed by atoms with Crippen molar-refractivity contribution in [2.45, 2.75) is 58.0 Å². The van der Waals surface area contributed by atoms with Crippen LogP contribution < -0.4 is 5.73 Å². The van der Waals surface area contributed by atoms with E-state index in [4.69, 9.17) is 5.73 Å². The van der Waals surface area contributed by atoms with E-state index in [1.54, 1.807) is 12.1 Å². The molecule has 1 amide bonds. The summed E-state index contributed by atoms with van der Waals surface area (Å²) in [5.41, 5.74) is 6.84. The fraction of sp³-hybridized carbons (Fsp3) is 0.611. The van der Waals surface area contributed by atoms with E-state index in [9.17, 15) is 9.18 Å². The maximum atomic E-state index is 13.3. The number of hydrogen-bond donors (Lipinski definition) is 1. The monoisotopic (exact) mass is 342 g/mol. The third kappa shape index (κ3) is 5.47. The summed E-state index contributed by atoms with van der Waals surface area (Å²) in [7, 11) is 0. The van der Waals surface area contributed by atoms with E-state index in [0.29, 0.717) is 19.0 Å². The van der Waals surface area contributed by atoms with Crippen molar-refractivity contribution in [1.29, 1.82) is 0 Å². The number of benzene rings is 1. The van der Waals surface area contributed by atoms with Gasteiger partial charge < -0.3 is 10.6 Å². The van der Waals surface area contributed by atoms with E-state index in [1.807, 2.05) is 24.8 Å². The number of amides is 1. The van der Waals surface area contributed by atoms with E-state index in [2.05, 4.69) is 0 Å². The van der Waals surface area contributed by atoms with Crippen LogP contribution in [0, 0.1) is 11.7 Å². The Morgan fingerprint density at radius 1 is 1.35 bits per heavy atom. The molecule has 1 aliphatic rings. The van der Waals surface area contributed by atoms with E-state index >= 15 is 0 Å². The zero-order valence-electron chi connectivity index (χ0n) is 14.0. The minimum Gasteiger partial charge on any atom is -0.339 e. The number of nitrogens with two attached hydrogens (primary N) is 1. The normalized spacial score (nSPS) is 17.4. The Hall–Kier alpha value is -1.13. The molecule has 0 aliphatic heterocycles. The molecule has 1 aromatic rings. The highest BCUT2D eigenvalue weighted by Gasteiger charge is 2.30. The van der Waals surface area contributed by atoms with Gasteiger partial charge in [-0.1, -0.05) is 31.9 Å². The minimum absolute atomic E-state index is 0. The summed E-state index contributed by atoms with van der Waals surface area (Å²) in [6.07, 6.45) is 5.19. The lowest BCUT2D eigenvalue weighted by atomic mass is 10.0. The number of carbonyl (C=O) groups is 1. The van der Waals surface area contributed by atoms with Crippen molar-refractivity contribution in [2.75, 3.05) is 6.54 Å². The van der Waals surface area contributed by atoms with Crippen LogP contribution in [-0.2, 0) is 11.2 Å². The lowest BCUT2D eigenvalue weighted by molar-refractivity contribution is -0.137. The van der Waals surface area contributed by atoms with Crippen LogP contribution in [0.3, 0.4) is 0 Å². The molecule has 0 bridgehead atoms. The van der Waals surface area contributed by atoms with Gasteiger partial charge in [-0.15, -0.1) is 12.4 Å². The first-order chi connectivity index (χ1) is 10.5. The number of hydrogen-bond acceptors (Lipinski definition) is 2. The Labute approximate surface area is 144 Å². The second-order valence-electron chi connectivity index (χ2n) is 6.50. The molecule has 1 aromatic carbocycles. The third-order valence-electron chi connectivity index (χ3n) is 4.76. The Bertz CT molecular complexity index is 504. The summed E-state index contributed by atoms with van der Waals surface area (Å²) < 4.78 is 13.3. The van der Waals surface area contributed by atoms with Gasteiger partial charge in [0, 0.05) is 18.6 Å². The summed E-state index contributed by atoms with van der Waals surface area (Å²) in [6.45, 7) is 4.42. The van der Waals surface area contributed by atoms with Crippen LogP contribution in [0.5, 0.6) is 0 Å². The lowest BCUT2D eigenvalue weighted by Gasteiger charge is -2.32. The molecule has 3 nitrogen and oxygen atoms in total. The van der Waals surface area contributed by atoms with Crippen molar-refractivity contribution in [3.8, 4) is 0 Å². The third-order valence-corrected chi connectivity index (χ3v) is 4.76. The highest BCUT2D eigenvalue weighted by Crippen LogP contribution is 2.25. The number of nitrogens with zero attached hydrogens (tertiary/aromatic N) is 1. The van der Waals surface area contributed by atoms with Gasteiger partial charge in [0.2, 0.25) is 5.91 Å². The molecule has 23 heavy (non-hydrogen) atoms. The average Bonchev–Trinajstić information content (AvgIpc) is 3.00. The van der Waals surface area contributed by atoms with Gasteiger partial charge in [-0.05, 0) is 43.9 Å². The first-order valence-corrected chi connectivity index (χ1v) is 8.29. The number of halogens is 2. The van der Waals surface area contributed by atoms with Crippen LogP contribution in [0.2, 0.25) is 0 Å². The van der Waals surface area contributed by atoms with Crippen molar-refractivity contribution < 1.29 is 9.18 Å². The first-order valence-electron chi connectivity index (χ1n) is 8.29. The van der Waals surface area contributed by atoms with Gasteiger partial charge in [-0.3, -0.25) is 4.79 Å². The maximum Gasteiger partial charge on any atom is 0.227 e. The topological polar surface area (TPSA) is 46.3 Å². The van der Waals surface area contributed by atoms with Gasteiger partial charge in [-0.2, -0.15) is 0 Å². The summed E-state index contributed by atoms with van der Waals surface area (Å²) >= 11 is 0. The highest BCUT2D eigenvalue weighted by molar-refractivity contribution is 5.85. The zero-order valence-corrected chi connectivity index (χ0v) is 14.8. The Kier molecular flexibility index (Phi) is 8.00. The molecule has 0 saturated heterocycles. The molecule has 2 rings (SSSR count). The zero-order chi connectivity index (χ0) is 16.1. The fourth-order valence-corrected chi connectivity index (χ4v) is 3.12. The molecule has 130 valence electrons. The van der Waals surface area contributed by atoms with Crippen LogP contribution in [0.15, 0.2) is 24.3 Å². The molecule has 2 unspecified atom stereocenters. The second kappa shape index (κ2) is 9.24. The van der Waals surface area contributed by atoms with Gasteiger partial charge in [0.1, 0.15) is 5.82 Å². The SMILES string of the molecule is CC(N)C(C)C(=O)N(CCc1cccc(F)c1)C1CCCC1.Cl. The van der Waals surface area contributed by atoms with Crippen LogP contribution >= 0.6 is 12.4 Å². The molecule has 0 radical (unpaired) electrons. The molecule has 0 spiro atoms. The van der Waals surface area contributed by atoms with Gasteiger partial charge >= 0.3 is 0 Å². The molecule has 1 aliphatic carbocycles. The quantitative estimate of drug-likeness (QED) is 0.859. The first kappa shape index (κ1) is 19.9. The second-order valence-corrected chi connectivity index (χ2v) is 6.50. The summed E-state index contributed by atoms with van der Waals surface area (Å²) in [4.78, 5) is 14.7. The molecule has 5 heteroatoms. The Morgan fingerprint density at radius 2 is 2.00 bits per heavy atom. The smallest absolute Gasteiger partial charge is 0.227 e. The van der Waals surface area contributed by atoms with Crippen LogP contribution in [0.25, 0.3) is 0 Å². The molecular weight excluding hydrogens is 315 g/mol. The van der Waals surface area contributed by atoms with Crippen molar-refractivity contribution in [3.63, 3.8) is 0 Å². The standard InChI is InChI=1S/C18H27FN2O.ClH/c1-13(14(2)20)18(22)21(17-8-3-4-9-17)11-10-15-6-5-7-16(19)12-15;/h5-7,12-14,17H,3-4,8-11,20H2,1-2H3;1H. The highest BCUT2D eigenvalue weighted by atomic mass is 35.5. The number of carbonyl (C=O) groups excluding carboxylic acids is 1. The van der Waals surface area contributed by atoms with E-state index in [0.717, 1.165) is 18.4 Å². The largest absolute Gasteiger partial charge is 0.339 e. The van der Waals surface area contributed by atoms with Crippen molar-refractivity contribution in [1.82, 2.24) is 4.90 Å². The fourth-order valence-electron chi connectivity index (χ4n) is 3.12. The summed E-state index contributed by atoms with van der Waals surface area (Å²) in [5.74, 6) is -0.258. The van der Waals surface area contributed by atoms with Gasteiger partial charge in [-0.25, -0.2) is 4.39 Å². The summed E-state index contributed by atoms with van der Waals surface area (Å²) in [5, 5.41) is 0. The van der Waals surface area contributed by atoms with Gasteiger partial charge in [0.25, 0.3) is 0 Å². The van der Waals surface area contributed by atoms with Crippen LogP contribution in [0.1, 0.15) is 45.1 Å². The van der Waals surface area contributed by atoms with Crippen LogP contribution in [-0.4, -0.2) is 29.4 Å². The van der Waals surface area contributed by atoms with E-state index < -0.39 is 0 Å². The molecule has 1 saturated carbocycles. The maximum absolute atomic E-state index is 13.3. The predicted molar refractivity (Wildman–Crippen MR) is 94.1 cm³/mol. The average molecular weight is 343 g/mol. The molecule has 2 N–H and O–H groups in total. The molecular formula is C18H28ClFN2O. The molecule has 0 aromatic heterocycles. The Balaban J connectivity index is 0.00000264. The van der Waals surface area contributed by atoms with Crippen molar-refractivity contribution >= 4 is 18.3 Å². The number of rotatable bonds is 6. The lowest BCUT2D eigenvalue weighted by Crippen LogP contribution is -2.46. The molecule has 1 fully saturated rings. The van der Waals surface area contributed by atoms with Crippen molar-refractivity contribution in [2.24, 2.45) is 11.7 Å². The molecule has 0 heterocycles. The summed E-state index contributed by atoms with van der Waals surface area (Å²) in [6, 6.07) is 6.80. The Morgan fingerprint density at radius 3 is 2.57 bits per heavy atom. The van der Waals surface area contributed by atoms with E-state index in [1.165, 1.54) is 18.9 Å².